The molecule has 3 aromatic rings. The Morgan fingerprint density at radius 3 is 1.64 bits per heavy atom. The van der Waals surface area contributed by atoms with Gasteiger partial charge >= 0.3 is 5.69 Å². The fourth-order valence-corrected chi connectivity index (χ4v) is 3.83. The zero-order chi connectivity index (χ0) is 24.3. The molecule has 0 saturated heterocycles. The van der Waals surface area contributed by atoms with E-state index in [4.69, 9.17) is 46.4 Å². The number of hydrogen-bond acceptors (Lipinski definition) is 3. The molecular formula is C24H20Cl4N2O3. The van der Waals surface area contributed by atoms with Gasteiger partial charge < -0.3 is 5.11 Å². The molecule has 33 heavy (non-hydrogen) atoms. The second-order valence-electron chi connectivity index (χ2n) is 7.39. The first-order valence-electron chi connectivity index (χ1n) is 9.88. The van der Waals surface area contributed by atoms with Crippen LogP contribution in [0.3, 0.4) is 0 Å². The predicted molar refractivity (Wildman–Crippen MR) is 137 cm³/mol. The van der Waals surface area contributed by atoms with Crippen LogP contribution in [0.15, 0.2) is 65.2 Å². The van der Waals surface area contributed by atoms with Crippen LogP contribution in [0.5, 0.6) is 5.88 Å². The molecule has 0 spiro atoms. The lowest BCUT2D eigenvalue weighted by Gasteiger charge is -2.14. The van der Waals surface area contributed by atoms with Crippen LogP contribution in [-0.2, 0) is 13.1 Å². The maximum Gasteiger partial charge on any atom is 0.333 e. The van der Waals surface area contributed by atoms with Crippen molar-refractivity contribution < 1.29 is 5.11 Å². The maximum absolute atomic E-state index is 12.9. The summed E-state index contributed by atoms with van der Waals surface area (Å²) >= 11 is 24.0. The van der Waals surface area contributed by atoms with Crippen LogP contribution in [0.1, 0.15) is 24.0 Å². The highest BCUT2D eigenvalue weighted by molar-refractivity contribution is 6.42. The van der Waals surface area contributed by atoms with Crippen molar-refractivity contribution in [2.24, 2.45) is 0 Å². The van der Waals surface area contributed by atoms with Gasteiger partial charge in [-0.25, -0.2) is 4.79 Å². The number of benzene rings is 2. The van der Waals surface area contributed by atoms with Crippen molar-refractivity contribution >= 4 is 57.5 Å². The molecule has 0 amide bonds. The third-order valence-corrected chi connectivity index (χ3v) is 6.67. The van der Waals surface area contributed by atoms with Gasteiger partial charge in [-0.2, -0.15) is 0 Å². The van der Waals surface area contributed by atoms with E-state index >= 15 is 0 Å². The van der Waals surface area contributed by atoms with E-state index in [1.54, 1.807) is 36.4 Å². The zero-order valence-corrected chi connectivity index (χ0v) is 20.5. The second-order valence-corrected chi connectivity index (χ2v) is 9.02. The molecule has 1 heterocycles. The highest BCUT2D eigenvalue weighted by atomic mass is 35.5. The molecule has 0 fully saturated rings. The van der Waals surface area contributed by atoms with Crippen LogP contribution in [-0.4, -0.2) is 14.2 Å². The Kier molecular flexibility index (Phi) is 8.14. The van der Waals surface area contributed by atoms with Crippen molar-refractivity contribution in [2.45, 2.75) is 25.9 Å². The largest absolute Gasteiger partial charge is 0.494 e. The average molecular weight is 526 g/mol. The highest BCUT2D eigenvalue weighted by Crippen LogP contribution is 2.28. The first-order chi connectivity index (χ1) is 15.6. The minimum absolute atomic E-state index is 0.0881. The topological polar surface area (TPSA) is 64.2 Å². The summed E-state index contributed by atoms with van der Waals surface area (Å²) in [6.45, 7) is 8.24. The van der Waals surface area contributed by atoms with E-state index in [9.17, 15) is 14.7 Å². The molecule has 2 aromatic carbocycles. The Hall–Kier alpha value is -2.44. The predicted octanol–water partition coefficient (Wildman–Crippen LogP) is 6.54. The standard InChI is InChI=1S/C24H20Cl4N2O3/c1-14(16-3-5-18(25)20(27)11-16)7-9-29-22(31)13-23(32)30(24(29)33)10-8-15(2)17-4-6-19(26)21(28)12-17/h3-6,11-13,31H,1-2,7-10H2. The van der Waals surface area contributed by atoms with Gasteiger partial charge in [-0.15, -0.1) is 0 Å². The van der Waals surface area contributed by atoms with Crippen LogP contribution in [0.4, 0.5) is 0 Å². The molecule has 1 aromatic heterocycles. The summed E-state index contributed by atoms with van der Waals surface area (Å²) in [5.74, 6) is -0.411. The van der Waals surface area contributed by atoms with E-state index < -0.39 is 17.1 Å². The summed E-state index contributed by atoms with van der Waals surface area (Å²) < 4.78 is 2.19. The van der Waals surface area contributed by atoms with Crippen molar-refractivity contribution in [1.29, 1.82) is 0 Å². The van der Waals surface area contributed by atoms with Crippen LogP contribution in [0, 0.1) is 0 Å². The lowest BCUT2D eigenvalue weighted by atomic mass is 10.0. The van der Waals surface area contributed by atoms with Crippen molar-refractivity contribution in [3.05, 3.63) is 108 Å². The van der Waals surface area contributed by atoms with Gasteiger partial charge in [0.25, 0.3) is 5.56 Å². The van der Waals surface area contributed by atoms with Crippen molar-refractivity contribution in [1.82, 2.24) is 9.13 Å². The molecule has 172 valence electrons. The minimum atomic E-state index is -0.621. The summed E-state index contributed by atoms with van der Waals surface area (Å²) in [7, 11) is 0. The molecule has 0 bridgehead atoms. The van der Waals surface area contributed by atoms with Gasteiger partial charge in [0.05, 0.1) is 26.2 Å². The number of nitrogens with zero attached hydrogens (tertiary/aromatic N) is 2. The van der Waals surface area contributed by atoms with Gasteiger partial charge in [-0.05, 0) is 59.4 Å². The third kappa shape index (κ3) is 5.92. The summed E-state index contributed by atoms with van der Waals surface area (Å²) in [5.41, 5.74) is 1.69. The Morgan fingerprint density at radius 1 is 0.727 bits per heavy atom. The van der Waals surface area contributed by atoms with E-state index in [0.717, 1.165) is 26.3 Å². The molecule has 1 N–H and O–H groups in total. The van der Waals surface area contributed by atoms with Crippen molar-refractivity contribution in [3.63, 3.8) is 0 Å². The zero-order valence-electron chi connectivity index (χ0n) is 17.5. The van der Waals surface area contributed by atoms with Gasteiger partial charge in [0.15, 0.2) is 0 Å². The van der Waals surface area contributed by atoms with E-state index in [2.05, 4.69) is 13.2 Å². The van der Waals surface area contributed by atoms with E-state index in [0.29, 0.717) is 44.1 Å². The quantitative estimate of drug-likeness (QED) is 0.363. The Labute approximate surface area is 210 Å². The first kappa shape index (κ1) is 25.2. The number of allylic oxidation sites excluding steroid dienone is 2. The van der Waals surface area contributed by atoms with E-state index in [1.807, 2.05) is 0 Å². The molecule has 0 atom stereocenters. The SMILES string of the molecule is C=C(CCn1c(O)cc(=O)n(CCC(=C)c2ccc(Cl)c(Cl)c2)c1=O)c1ccc(Cl)c(Cl)c1. The van der Waals surface area contributed by atoms with Crippen LogP contribution >= 0.6 is 46.4 Å². The number of hydrogen-bond donors (Lipinski definition) is 1. The Bertz CT molecular complexity index is 1360. The molecule has 0 aliphatic heterocycles. The molecule has 0 radical (unpaired) electrons. The van der Waals surface area contributed by atoms with Gasteiger partial charge in [0, 0.05) is 13.1 Å². The lowest BCUT2D eigenvalue weighted by Crippen LogP contribution is -2.39. The normalized spacial score (nSPS) is 10.9. The number of aromatic nitrogens is 2. The fourth-order valence-electron chi connectivity index (χ4n) is 3.23. The monoisotopic (exact) mass is 524 g/mol. The molecule has 9 heteroatoms. The number of rotatable bonds is 8. The van der Waals surface area contributed by atoms with Gasteiger partial charge in [0.2, 0.25) is 5.88 Å². The minimum Gasteiger partial charge on any atom is -0.494 e. The second kappa shape index (κ2) is 10.7. The fraction of sp³-hybridized carbons (Fsp3) is 0.167. The lowest BCUT2D eigenvalue weighted by molar-refractivity contribution is 0.390. The van der Waals surface area contributed by atoms with E-state index in [1.165, 1.54) is 0 Å². The van der Waals surface area contributed by atoms with Gasteiger partial charge in [0.1, 0.15) is 0 Å². The molecular weight excluding hydrogens is 506 g/mol. The molecule has 3 rings (SSSR count). The summed E-state index contributed by atoms with van der Waals surface area (Å²) in [6.07, 6.45) is 0.674. The third-order valence-electron chi connectivity index (χ3n) is 5.19. The van der Waals surface area contributed by atoms with Crippen LogP contribution < -0.4 is 11.2 Å². The summed E-state index contributed by atoms with van der Waals surface area (Å²) in [6, 6.07) is 11.2. The number of aromatic hydroxyl groups is 1. The van der Waals surface area contributed by atoms with E-state index in [-0.39, 0.29) is 13.1 Å². The average Bonchev–Trinajstić information content (AvgIpc) is 2.76. The van der Waals surface area contributed by atoms with Crippen LogP contribution in [0.2, 0.25) is 20.1 Å². The smallest absolute Gasteiger partial charge is 0.333 e. The molecule has 0 aliphatic rings. The molecule has 0 aliphatic carbocycles. The molecule has 0 unspecified atom stereocenters. The maximum atomic E-state index is 12.9. The Balaban J connectivity index is 1.76. The van der Waals surface area contributed by atoms with Crippen LogP contribution in [0.25, 0.3) is 11.1 Å². The molecule has 5 nitrogen and oxygen atoms in total. The molecule has 0 saturated carbocycles. The first-order valence-corrected chi connectivity index (χ1v) is 11.4. The summed E-state index contributed by atoms with van der Waals surface area (Å²) in [4.78, 5) is 25.3. The van der Waals surface area contributed by atoms with Crippen molar-refractivity contribution in [2.75, 3.05) is 0 Å². The van der Waals surface area contributed by atoms with Gasteiger partial charge in [-0.1, -0.05) is 71.7 Å². The summed E-state index contributed by atoms with van der Waals surface area (Å²) in [5, 5.41) is 11.8. The Morgan fingerprint density at radius 2 is 1.18 bits per heavy atom. The van der Waals surface area contributed by atoms with Crippen molar-refractivity contribution in [3.8, 4) is 5.88 Å². The number of halogens is 4. The highest BCUT2D eigenvalue weighted by Gasteiger charge is 2.13. The van der Waals surface area contributed by atoms with Gasteiger partial charge in [-0.3, -0.25) is 13.9 Å².